The molecule has 1 aromatic rings. The number of nitrogens with zero attached hydrogens (tertiary/aromatic N) is 3. The van der Waals surface area contributed by atoms with Crippen LogP contribution < -0.4 is 5.32 Å². The lowest BCUT2D eigenvalue weighted by Gasteiger charge is -2.22. The van der Waals surface area contributed by atoms with Crippen LogP contribution in [0.15, 0.2) is 12.1 Å². The Balaban J connectivity index is 0.00000128. The molecule has 6 heteroatoms. The summed E-state index contributed by atoms with van der Waals surface area (Å²) in [5.41, 5.74) is 0.966. The van der Waals surface area contributed by atoms with Crippen LogP contribution in [0.4, 0.5) is 0 Å². The summed E-state index contributed by atoms with van der Waals surface area (Å²) in [6.07, 6.45) is 1.21. The SMILES string of the molecule is CN(Cc1ccc(Cl)nn1)[C@@H]1CCNC1.Cl. The number of halogens is 2. The first-order valence-electron chi connectivity index (χ1n) is 5.15. The van der Waals surface area contributed by atoms with E-state index in [0.29, 0.717) is 11.2 Å². The number of nitrogens with one attached hydrogen (secondary N) is 1. The summed E-state index contributed by atoms with van der Waals surface area (Å²) in [6, 6.07) is 4.32. The highest BCUT2D eigenvalue weighted by atomic mass is 35.5. The molecule has 1 atom stereocenters. The molecule has 90 valence electrons. The van der Waals surface area contributed by atoms with E-state index in [1.165, 1.54) is 6.42 Å². The highest BCUT2D eigenvalue weighted by Gasteiger charge is 2.19. The van der Waals surface area contributed by atoms with Gasteiger partial charge in [0, 0.05) is 19.1 Å². The summed E-state index contributed by atoms with van der Waals surface area (Å²) in [6.45, 7) is 3.01. The van der Waals surface area contributed by atoms with Crippen molar-refractivity contribution < 1.29 is 0 Å². The first-order valence-corrected chi connectivity index (χ1v) is 5.52. The lowest BCUT2D eigenvalue weighted by molar-refractivity contribution is 0.245. The van der Waals surface area contributed by atoms with Gasteiger partial charge in [-0.2, -0.15) is 5.10 Å². The topological polar surface area (TPSA) is 41.1 Å². The third-order valence-corrected chi connectivity index (χ3v) is 2.96. The van der Waals surface area contributed by atoms with Gasteiger partial charge >= 0.3 is 0 Å². The molecule has 4 nitrogen and oxygen atoms in total. The number of hydrogen-bond acceptors (Lipinski definition) is 4. The van der Waals surface area contributed by atoms with E-state index in [2.05, 4.69) is 27.5 Å². The van der Waals surface area contributed by atoms with E-state index >= 15 is 0 Å². The quantitative estimate of drug-likeness (QED) is 0.893. The van der Waals surface area contributed by atoms with Crippen molar-refractivity contribution in [2.75, 3.05) is 20.1 Å². The molecule has 1 aliphatic heterocycles. The monoisotopic (exact) mass is 262 g/mol. The fourth-order valence-electron chi connectivity index (χ4n) is 1.83. The van der Waals surface area contributed by atoms with Gasteiger partial charge in [-0.05, 0) is 32.1 Å². The Morgan fingerprint density at radius 2 is 2.31 bits per heavy atom. The molecule has 0 amide bonds. The average molecular weight is 263 g/mol. The van der Waals surface area contributed by atoms with Gasteiger partial charge in [0.2, 0.25) is 0 Å². The Morgan fingerprint density at radius 1 is 1.50 bits per heavy atom. The van der Waals surface area contributed by atoms with Crippen molar-refractivity contribution in [2.45, 2.75) is 19.0 Å². The third-order valence-electron chi connectivity index (χ3n) is 2.76. The molecule has 2 heterocycles. The molecule has 1 saturated heterocycles. The maximum absolute atomic E-state index is 5.68. The second-order valence-corrected chi connectivity index (χ2v) is 4.30. The van der Waals surface area contributed by atoms with Crippen LogP contribution in [0.25, 0.3) is 0 Å². The zero-order valence-electron chi connectivity index (χ0n) is 9.19. The zero-order chi connectivity index (χ0) is 10.7. The predicted molar refractivity (Wildman–Crippen MR) is 67.0 cm³/mol. The lowest BCUT2D eigenvalue weighted by atomic mass is 10.2. The molecule has 0 saturated carbocycles. The minimum atomic E-state index is 0. The van der Waals surface area contributed by atoms with E-state index in [4.69, 9.17) is 11.6 Å². The molecule has 0 unspecified atom stereocenters. The van der Waals surface area contributed by atoms with Gasteiger partial charge in [-0.3, -0.25) is 4.90 Å². The lowest BCUT2D eigenvalue weighted by Crippen LogP contribution is -2.33. The molecule has 0 aliphatic carbocycles. The second-order valence-electron chi connectivity index (χ2n) is 3.91. The Labute approximate surface area is 107 Å². The number of hydrogen-bond donors (Lipinski definition) is 1. The van der Waals surface area contributed by atoms with E-state index < -0.39 is 0 Å². The molecular formula is C10H16Cl2N4. The standard InChI is InChI=1S/C10H15ClN4.ClH/c1-15(9-4-5-12-6-9)7-8-2-3-10(11)14-13-8;/h2-3,9,12H,4-7H2,1H3;1H/t9-;/m1./s1. The van der Waals surface area contributed by atoms with Crippen molar-refractivity contribution in [1.29, 1.82) is 0 Å². The van der Waals surface area contributed by atoms with Crippen molar-refractivity contribution in [3.63, 3.8) is 0 Å². The minimum absolute atomic E-state index is 0. The largest absolute Gasteiger partial charge is 0.315 e. The van der Waals surface area contributed by atoms with Gasteiger partial charge in [0.15, 0.2) is 5.15 Å². The number of aromatic nitrogens is 2. The summed E-state index contributed by atoms with van der Waals surface area (Å²) in [4.78, 5) is 2.30. The van der Waals surface area contributed by atoms with Crippen LogP contribution >= 0.6 is 24.0 Å². The zero-order valence-corrected chi connectivity index (χ0v) is 10.8. The van der Waals surface area contributed by atoms with E-state index in [0.717, 1.165) is 25.3 Å². The van der Waals surface area contributed by atoms with Crippen LogP contribution in [0.5, 0.6) is 0 Å². The molecule has 16 heavy (non-hydrogen) atoms. The van der Waals surface area contributed by atoms with Crippen LogP contribution in [0, 0.1) is 0 Å². The maximum Gasteiger partial charge on any atom is 0.151 e. The average Bonchev–Trinajstić information content (AvgIpc) is 2.74. The van der Waals surface area contributed by atoms with E-state index in [-0.39, 0.29) is 12.4 Å². The Hall–Kier alpha value is -0.420. The van der Waals surface area contributed by atoms with Gasteiger partial charge in [0.1, 0.15) is 0 Å². The van der Waals surface area contributed by atoms with Crippen molar-refractivity contribution in [3.05, 3.63) is 23.0 Å². The van der Waals surface area contributed by atoms with Crippen molar-refractivity contribution in [3.8, 4) is 0 Å². The molecule has 0 aromatic carbocycles. The van der Waals surface area contributed by atoms with Gasteiger partial charge in [0.05, 0.1) is 5.69 Å². The Bertz CT molecular complexity index is 311. The molecule has 1 fully saturated rings. The van der Waals surface area contributed by atoms with Gasteiger partial charge in [-0.25, -0.2) is 0 Å². The summed E-state index contributed by atoms with van der Waals surface area (Å²) >= 11 is 5.68. The molecule has 0 bridgehead atoms. The summed E-state index contributed by atoms with van der Waals surface area (Å²) in [5.74, 6) is 0. The van der Waals surface area contributed by atoms with Crippen molar-refractivity contribution >= 4 is 24.0 Å². The number of likely N-dealkylation sites (N-methyl/N-ethyl adjacent to an activating group) is 1. The molecule has 1 N–H and O–H groups in total. The fourth-order valence-corrected chi connectivity index (χ4v) is 1.93. The van der Waals surface area contributed by atoms with Crippen LogP contribution in [-0.2, 0) is 6.54 Å². The predicted octanol–water partition coefficient (Wildman–Crippen LogP) is 1.35. The van der Waals surface area contributed by atoms with Crippen molar-refractivity contribution in [2.24, 2.45) is 0 Å². The molecular weight excluding hydrogens is 247 g/mol. The summed E-state index contributed by atoms with van der Waals surface area (Å²) < 4.78 is 0. The van der Waals surface area contributed by atoms with Gasteiger partial charge in [-0.1, -0.05) is 11.6 Å². The van der Waals surface area contributed by atoms with Gasteiger partial charge < -0.3 is 5.32 Å². The Kier molecular flexibility index (Phi) is 5.41. The van der Waals surface area contributed by atoms with Crippen molar-refractivity contribution in [1.82, 2.24) is 20.4 Å². The van der Waals surface area contributed by atoms with Crippen LogP contribution in [0.3, 0.4) is 0 Å². The molecule has 0 radical (unpaired) electrons. The summed E-state index contributed by atoms with van der Waals surface area (Å²) in [5, 5.41) is 11.7. The smallest absolute Gasteiger partial charge is 0.151 e. The third kappa shape index (κ3) is 3.56. The molecule has 0 spiro atoms. The van der Waals surface area contributed by atoms with Crippen LogP contribution in [0.2, 0.25) is 5.15 Å². The number of rotatable bonds is 3. The molecule has 2 rings (SSSR count). The van der Waals surface area contributed by atoms with E-state index in [1.54, 1.807) is 6.07 Å². The fraction of sp³-hybridized carbons (Fsp3) is 0.600. The maximum atomic E-state index is 5.68. The highest BCUT2D eigenvalue weighted by molar-refractivity contribution is 6.29. The highest BCUT2D eigenvalue weighted by Crippen LogP contribution is 2.10. The first-order chi connectivity index (χ1) is 7.25. The van der Waals surface area contributed by atoms with E-state index in [9.17, 15) is 0 Å². The minimum Gasteiger partial charge on any atom is -0.315 e. The first kappa shape index (κ1) is 13.6. The molecule has 1 aliphatic rings. The Morgan fingerprint density at radius 3 is 2.88 bits per heavy atom. The van der Waals surface area contributed by atoms with Gasteiger partial charge in [-0.15, -0.1) is 17.5 Å². The van der Waals surface area contributed by atoms with Crippen LogP contribution in [-0.4, -0.2) is 41.3 Å². The van der Waals surface area contributed by atoms with E-state index in [1.807, 2.05) is 6.07 Å². The normalized spacial score (nSPS) is 19.8. The van der Waals surface area contributed by atoms with Gasteiger partial charge in [0.25, 0.3) is 0 Å². The second kappa shape index (κ2) is 6.35. The summed E-state index contributed by atoms with van der Waals surface area (Å²) in [7, 11) is 2.12. The molecule has 1 aromatic heterocycles. The van der Waals surface area contributed by atoms with Crippen LogP contribution in [0.1, 0.15) is 12.1 Å².